The smallest absolute Gasteiger partial charge is 0.327 e. The topological polar surface area (TPSA) is 3.24 Å². The number of benzene rings is 5. The van der Waals surface area contributed by atoms with Crippen molar-refractivity contribution in [2.45, 2.75) is 32.4 Å². The molecule has 1 nitrogen and oxygen atoms in total. The summed E-state index contributed by atoms with van der Waals surface area (Å²) in [6.45, 7) is 9.89. The lowest BCUT2D eigenvalue weighted by Gasteiger charge is -2.48. The van der Waals surface area contributed by atoms with Gasteiger partial charge in [-0.1, -0.05) is 164 Å². The molecule has 184 valence electrons. The van der Waals surface area contributed by atoms with Gasteiger partial charge in [-0.05, 0) is 22.8 Å². The Morgan fingerprint density at radius 2 is 1.13 bits per heavy atom. The van der Waals surface area contributed by atoms with Gasteiger partial charge in [0.15, 0.2) is 0 Å². The number of hydrogen-bond donors (Lipinski definition) is 0. The van der Waals surface area contributed by atoms with E-state index in [1.54, 1.807) is 10.4 Å². The first kappa shape index (κ1) is 23.3. The van der Waals surface area contributed by atoms with E-state index in [1.807, 2.05) is 0 Å². The Bertz CT molecular complexity index is 1640. The first-order valence-corrected chi connectivity index (χ1v) is 16.7. The van der Waals surface area contributed by atoms with Gasteiger partial charge in [-0.3, -0.25) is 0 Å². The lowest BCUT2D eigenvalue weighted by atomic mass is 9.47. The number of anilines is 2. The zero-order valence-corrected chi connectivity index (χ0v) is 23.6. The van der Waals surface area contributed by atoms with Gasteiger partial charge in [0.25, 0.3) is 0 Å². The minimum absolute atomic E-state index is 0.101. The second-order valence-corrected chi connectivity index (χ2v) is 16.1. The third kappa shape index (κ3) is 3.18. The Kier molecular flexibility index (Phi) is 5.12. The fourth-order valence-corrected chi connectivity index (χ4v) is 10.3. The zero-order chi connectivity index (χ0) is 26.1. The largest absolute Gasteiger partial charge is 0.376 e. The fraction of sp³-hybridized carbons (Fsp3) is 0.143. The molecule has 0 saturated carbocycles. The van der Waals surface area contributed by atoms with Crippen molar-refractivity contribution in [2.75, 3.05) is 4.81 Å². The summed E-state index contributed by atoms with van der Waals surface area (Å²) in [4.78, 5) is 2.68. The second-order valence-electron chi connectivity index (χ2n) is 11.8. The molecule has 0 radical (unpaired) electrons. The second kappa shape index (κ2) is 8.34. The van der Waals surface area contributed by atoms with Gasteiger partial charge in [-0.15, -0.1) is 0 Å². The van der Waals surface area contributed by atoms with Crippen LogP contribution in [0.5, 0.6) is 0 Å². The molecule has 0 amide bonds. The van der Waals surface area contributed by atoms with Gasteiger partial charge in [-0.25, -0.2) is 0 Å². The van der Waals surface area contributed by atoms with E-state index in [-0.39, 0.29) is 12.3 Å². The van der Waals surface area contributed by atoms with E-state index in [2.05, 4.69) is 153 Å². The molecule has 0 bridgehead atoms. The van der Waals surface area contributed by atoms with Crippen molar-refractivity contribution in [1.29, 1.82) is 0 Å². The summed E-state index contributed by atoms with van der Waals surface area (Å²) < 4.78 is 0. The monoisotopic (exact) mass is 505 g/mol. The van der Waals surface area contributed by atoms with Crippen LogP contribution in [0.4, 0.5) is 11.4 Å². The lowest BCUT2D eigenvalue weighted by molar-refractivity contribution is 0.634. The van der Waals surface area contributed by atoms with Crippen molar-refractivity contribution in [2.24, 2.45) is 0 Å². The van der Waals surface area contributed by atoms with Crippen LogP contribution in [0.1, 0.15) is 25.0 Å². The van der Waals surface area contributed by atoms with Crippen molar-refractivity contribution in [3.63, 3.8) is 0 Å². The van der Waals surface area contributed by atoms with Crippen LogP contribution >= 0.6 is 0 Å². The van der Waals surface area contributed by atoms with Crippen LogP contribution in [0, 0.1) is 0 Å². The molecule has 0 fully saturated rings. The molecule has 0 N–H and O–H groups in total. The Hall–Kier alpha value is -3.82. The summed E-state index contributed by atoms with van der Waals surface area (Å²) in [6, 6.07) is 45.4. The van der Waals surface area contributed by atoms with Gasteiger partial charge >= 0.3 is 6.85 Å². The normalized spacial score (nSPS) is 16.2. The van der Waals surface area contributed by atoms with Crippen molar-refractivity contribution >= 4 is 47.6 Å². The van der Waals surface area contributed by atoms with Gasteiger partial charge in [0.2, 0.25) is 0 Å². The van der Waals surface area contributed by atoms with Gasteiger partial charge in [0.05, 0.1) is 0 Å². The van der Waals surface area contributed by atoms with Gasteiger partial charge < -0.3 is 4.81 Å². The Balaban J connectivity index is 1.61. The quantitative estimate of drug-likeness (QED) is 0.263. The molecule has 3 heteroatoms. The maximum absolute atomic E-state index is 2.68. The number of fused-ring (bicyclic) bond motifs is 4. The summed E-state index contributed by atoms with van der Waals surface area (Å²) in [7, 11) is -1.85. The molecular weight excluding hydrogens is 473 g/mol. The predicted octanol–water partition coefficient (Wildman–Crippen LogP) is 6.07. The fourth-order valence-electron chi connectivity index (χ4n) is 7.10. The molecule has 0 aromatic heterocycles. The number of nitrogens with zero attached hydrogens (tertiary/aromatic N) is 1. The van der Waals surface area contributed by atoms with E-state index in [0.29, 0.717) is 0 Å². The van der Waals surface area contributed by atoms with E-state index in [0.717, 1.165) is 0 Å². The number of hydrogen-bond acceptors (Lipinski definition) is 1. The highest BCUT2D eigenvalue weighted by Crippen LogP contribution is 2.52. The summed E-state index contributed by atoms with van der Waals surface area (Å²) in [5.41, 5.74) is 10.7. The van der Waals surface area contributed by atoms with Crippen LogP contribution in [-0.2, 0) is 5.41 Å². The van der Waals surface area contributed by atoms with Gasteiger partial charge in [-0.2, -0.15) is 0 Å². The summed E-state index contributed by atoms with van der Waals surface area (Å²) in [6.07, 6.45) is 0. The summed E-state index contributed by atoms with van der Waals surface area (Å²) in [5, 5.41) is 3.09. The molecule has 2 aliphatic rings. The minimum Gasteiger partial charge on any atom is -0.376 e. The first-order valence-electron chi connectivity index (χ1n) is 13.7. The first-order chi connectivity index (χ1) is 18.4. The molecule has 5 aromatic carbocycles. The molecule has 38 heavy (non-hydrogen) atoms. The number of rotatable bonds is 2. The van der Waals surface area contributed by atoms with Crippen LogP contribution in [-0.4, -0.2) is 14.9 Å². The molecule has 7 rings (SSSR count). The average molecular weight is 506 g/mol. The van der Waals surface area contributed by atoms with E-state index >= 15 is 0 Å². The van der Waals surface area contributed by atoms with Crippen LogP contribution in [0.25, 0.3) is 11.1 Å². The van der Waals surface area contributed by atoms with Crippen molar-refractivity contribution in [1.82, 2.24) is 0 Å². The molecule has 0 atom stereocenters. The maximum Gasteiger partial charge on any atom is 0.327 e. The van der Waals surface area contributed by atoms with Crippen LogP contribution in [0.3, 0.4) is 0 Å². The predicted molar refractivity (Wildman–Crippen MR) is 167 cm³/mol. The molecule has 2 aliphatic heterocycles. The molecule has 5 aromatic rings. The van der Waals surface area contributed by atoms with Crippen LogP contribution in [0.15, 0.2) is 121 Å². The third-order valence-electron chi connectivity index (χ3n) is 8.99. The van der Waals surface area contributed by atoms with Crippen LogP contribution < -0.4 is 26.1 Å². The SMILES string of the molecule is CC1(C)c2ccccc2N(B2c3ccccc3[Si](C)(C)c3ccccc32)c2c(-c3ccccc3)cccc21. The van der Waals surface area contributed by atoms with E-state index in [9.17, 15) is 0 Å². The van der Waals surface area contributed by atoms with Crippen LogP contribution in [0.2, 0.25) is 13.1 Å². The molecule has 2 heterocycles. The molecule has 0 unspecified atom stereocenters. The Morgan fingerprint density at radius 3 is 1.82 bits per heavy atom. The van der Waals surface area contributed by atoms with Crippen molar-refractivity contribution < 1.29 is 0 Å². The lowest BCUT2D eigenvalue weighted by Crippen LogP contribution is -2.77. The van der Waals surface area contributed by atoms with Crippen molar-refractivity contribution in [3.05, 3.63) is 132 Å². The zero-order valence-electron chi connectivity index (χ0n) is 22.6. The van der Waals surface area contributed by atoms with E-state index < -0.39 is 8.07 Å². The molecule has 0 aliphatic carbocycles. The molecule has 0 saturated heterocycles. The summed E-state index contributed by atoms with van der Waals surface area (Å²) >= 11 is 0. The third-order valence-corrected chi connectivity index (χ3v) is 12.6. The van der Waals surface area contributed by atoms with E-state index in [4.69, 9.17) is 0 Å². The minimum atomic E-state index is -1.85. The summed E-state index contributed by atoms with van der Waals surface area (Å²) in [5.74, 6) is 0. The molecule has 0 spiro atoms. The van der Waals surface area contributed by atoms with Crippen molar-refractivity contribution in [3.8, 4) is 11.1 Å². The highest BCUT2D eigenvalue weighted by atomic mass is 28.3. The highest BCUT2D eigenvalue weighted by molar-refractivity contribution is 7.12. The number of para-hydroxylation sites is 2. The maximum atomic E-state index is 2.68. The standard InChI is InChI=1S/C35H32BNSi/c1-35(2)27-18-8-11-22-31(27)37(34-26(17-14-19-28(34)35)25-15-6-5-7-16-25)36-29-20-9-12-23-32(29)38(3,4)33-24-13-10-21-30(33)36/h5-24H,1-4H3. The Labute approximate surface area is 227 Å². The highest BCUT2D eigenvalue weighted by Gasteiger charge is 2.48. The van der Waals surface area contributed by atoms with E-state index in [1.165, 1.54) is 44.6 Å². The van der Waals surface area contributed by atoms with Gasteiger partial charge in [0, 0.05) is 22.4 Å². The average Bonchev–Trinajstić information content (AvgIpc) is 2.95. The molecular formula is C35H32BNSi. The van der Waals surface area contributed by atoms with Gasteiger partial charge in [0.1, 0.15) is 8.07 Å². The Morgan fingerprint density at radius 1 is 0.579 bits per heavy atom.